The van der Waals surface area contributed by atoms with E-state index >= 15 is 0 Å². The average molecular weight is 288 g/mol. The SMILES string of the molecule is P.[B].[Co].[W]. The van der Waals surface area contributed by atoms with Crippen molar-refractivity contribution < 1.29 is 37.8 Å². The van der Waals surface area contributed by atoms with Gasteiger partial charge < -0.3 is 0 Å². The summed E-state index contributed by atoms with van der Waals surface area (Å²) >= 11 is 0. The Morgan fingerprint density at radius 2 is 1.00 bits per heavy atom. The topological polar surface area (TPSA) is 0 Å². The molecular weight excluding hydrogens is 285 g/mol. The van der Waals surface area contributed by atoms with Gasteiger partial charge in [0.1, 0.15) is 0 Å². The van der Waals surface area contributed by atoms with Gasteiger partial charge in [-0.05, 0) is 0 Å². The Labute approximate surface area is 56.1 Å². The molecule has 0 aromatic rings. The third kappa shape index (κ3) is 9.35. The molecule has 0 saturated carbocycles. The largest absolute Gasteiger partial charge is 0.153 e. The molecule has 0 fully saturated rings. The fourth-order valence-corrected chi connectivity index (χ4v) is 0. The van der Waals surface area contributed by atoms with E-state index in [0.717, 1.165) is 0 Å². The second-order valence-corrected chi connectivity index (χ2v) is 0. The van der Waals surface area contributed by atoms with Gasteiger partial charge in [0.15, 0.2) is 0 Å². The van der Waals surface area contributed by atoms with Gasteiger partial charge in [-0.25, -0.2) is 0 Å². The van der Waals surface area contributed by atoms with Crippen molar-refractivity contribution in [3.8, 4) is 0 Å². The van der Waals surface area contributed by atoms with Crippen molar-refractivity contribution in [2.75, 3.05) is 0 Å². The molecule has 4 heavy (non-hydrogen) atoms. The molecule has 0 nitrogen and oxygen atoms in total. The van der Waals surface area contributed by atoms with Crippen LogP contribution in [0.4, 0.5) is 0 Å². The number of hydrogen-bond acceptors (Lipinski definition) is 0. The van der Waals surface area contributed by atoms with E-state index in [4.69, 9.17) is 0 Å². The molecule has 0 amide bonds. The van der Waals surface area contributed by atoms with Crippen LogP contribution in [0.25, 0.3) is 0 Å². The summed E-state index contributed by atoms with van der Waals surface area (Å²) in [5.41, 5.74) is 0. The molecule has 0 N–H and O–H groups in total. The standard InChI is InChI=1S/B.Co.H3P.W/h;;1H3;. The summed E-state index contributed by atoms with van der Waals surface area (Å²) in [6.45, 7) is 0. The van der Waals surface area contributed by atoms with Crippen molar-refractivity contribution in [1.82, 2.24) is 0 Å². The van der Waals surface area contributed by atoms with Crippen LogP contribution in [-0.2, 0) is 37.8 Å². The van der Waals surface area contributed by atoms with Crippen molar-refractivity contribution in [1.29, 1.82) is 0 Å². The molecule has 0 aromatic heterocycles. The fraction of sp³-hybridized carbons (Fsp3) is 0. The van der Waals surface area contributed by atoms with Crippen molar-refractivity contribution in [2.24, 2.45) is 0 Å². The molecule has 0 heterocycles. The maximum atomic E-state index is 0. The van der Waals surface area contributed by atoms with Gasteiger partial charge in [-0.3, -0.25) is 0 Å². The van der Waals surface area contributed by atoms with Crippen molar-refractivity contribution in [2.45, 2.75) is 0 Å². The van der Waals surface area contributed by atoms with Crippen LogP contribution in [0.3, 0.4) is 0 Å². The van der Waals surface area contributed by atoms with Gasteiger partial charge >= 0.3 is 0 Å². The third-order valence-electron chi connectivity index (χ3n) is 0. The van der Waals surface area contributed by atoms with Crippen molar-refractivity contribution in [3.63, 3.8) is 0 Å². The van der Waals surface area contributed by atoms with Crippen LogP contribution >= 0.6 is 9.90 Å². The molecule has 0 rings (SSSR count). The predicted molar refractivity (Wildman–Crippen MR) is 16.9 cm³/mol. The van der Waals surface area contributed by atoms with Crippen LogP contribution in [0.1, 0.15) is 0 Å². The molecular formula is H3BCoPW. The molecule has 0 aliphatic rings. The second-order valence-electron chi connectivity index (χ2n) is 0. The summed E-state index contributed by atoms with van der Waals surface area (Å²) in [4.78, 5) is 0. The van der Waals surface area contributed by atoms with Gasteiger partial charge in [-0.1, -0.05) is 0 Å². The van der Waals surface area contributed by atoms with Gasteiger partial charge in [0.2, 0.25) is 0 Å². The van der Waals surface area contributed by atoms with Gasteiger partial charge in [-0.2, -0.15) is 9.90 Å². The van der Waals surface area contributed by atoms with Gasteiger partial charge in [0, 0.05) is 46.3 Å². The van der Waals surface area contributed by atoms with E-state index in [0.29, 0.717) is 0 Å². The van der Waals surface area contributed by atoms with Crippen LogP contribution in [0.15, 0.2) is 0 Å². The van der Waals surface area contributed by atoms with E-state index in [-0.39, 0.29) is 56.2 Å². The molecule has 0 aliphatic carbocycles. The molecule has 0 saturated heterocycles. The van der Waals surface area contributed by atoms with E-state index in [1.807, 2.05) is 0 Å². The monoisotopic (exact) mass is 288 g/mol. The summed E-state index contributed by atoms with van der Waals surface area (Å²) in [6.07, 6.45) is 0. The molecule has 0 aliphatic heterocycles. The molecule has 26 valence electrons. The Kier molecular flexibility index (Phi) is 245. The van der Waals surface area contributed by atoms with Crippen LogP contribution in [0.2, 0.25) is 0 Å². The summed E-state index contributed by atoms with van der Waals surface area (Å²) in [5.74, 6) is 0. The van der Waals surface area contributed by atoms with Crippen LogP contribution in [-0.4, -0.2) is 8.41 Å². The van der Waals surface area contributed by atoms with Crippen molar-refractivity contribution in [3.05, 3.63) is 0 Å². The van der Waals surface area contributed by atoms with Crippen molar-refractivity contribution >= 4 is 18.3 Å². The zero-order chi connectivity index (χ0) is 0. The Morgan fingerprint density at radius 1 is 1.00 bits per heavy atom. The first-order valence-electron chi connectivity index (χ1n) is 0. The minimum atomic E-state index is 0. The maximum absolute atomic E-state index is 0. The minimum Gasteiger partial charge on any atom is -0.153 e. The Hall–Kier alpha value is 1.69. The van der Waals surface area contributed by atoms with Crippen LogP contribution in [0, 0.1) is 0 Å². The predicted octanol–water partition coefficient (Wildman–Crippen LogP) is -0.328. The Bertz CT molecular complexity index is 8.00. The Balaban J connectivity index is 0. The molecule has 1 atom stereocenters. The van der Waals surface area contributed by atoms with E-state index in [9.17, 15) is 0 Å². The maximum Gasteiger partial charge on any atom is 0 e. The fourth-order valence-electron chi connectivity index (χ4n) is 0. The summed E-state index contributed by atoms with van der Waals surface area (Å²) in [7, 11) is 0. The second kappa shape index (κ2) is 22.4. The van der Waals surface area contributed by atoms with E-state index in [2.05, 4.69) is 0 Å². The zero-order valence-electron chi connectivity index (χ0n) is 2.03. The van der Waals surface area contributed by atoms with Crippen LogP contribution in [0.5, 0.6) is 0 Å². The number of hydrogen-bond donors (Lipinski definition) is 0. The summed E-state index contributed by atoms with van der Waals surface area (Å²) in [6, 6.07) is 0. The van der Waals surface area contributed by atoms with E-state index in [1.54, 1.807) is 0 Å². The van der Waals surface area contributed by atoms with E-state index < -0.39 is 0 Å². The van der Waals surface area contributed by atoms with Gasteiger partial charge in [0.25, 0.3) is 0 Å². The molecule has 0 spiro atoms. The van der Waals surface area contributed by atoms with Gasteiger partial charge in [0.05, 0.1) is 0 Å². The normalized spacial score (nSPS) is 0. The first-order valence-corrected chi connectivity index (χ1v) is 0. The smallest absolute Gasteiger partial charge is 0 e. The van der Waals surface area contributed by atoms with Crippen LogP contribution < -0.4 is 0 Å². The first-order chi connectivity index (χ1) is 0. The Morgan fingerprint density at radius 3 is 1.00 bits per heavy atom. The molecule has 1 unspecified atom stereocenters. The summed E-state index contributed by atoms with van der Waals surface area (Å²) in [5, 5.41) is 0. The van der Waals surface area contributed by atoms with Gasteiger partial charge in [-0.15, -0.1) is 0 Å². The molecule has 0 aromatic carbocycles. The first kappa shape index (κ1) is 43.8. The molecule has 4 heteroatoms. The quantitative estimate of drug-likeness (QED) is 0.423. The molecule has 0 bridgehead atoms. The average Bonchev–Trinajstić information content (AvgIpc) is 0. The third-order valence-corrected chi connectivity index (χ3v) is 0. The molecule has 4 radical (unpaired) electrons. The van der Waals surface area contributed by atoms with E-state index in [1.165, 1.54) is 0 Å². The number of rotatable bonds is 0. The minimum absolute atomic E-state index is 0. The zero-order valence-corrected chi connectivity index (χ0v) is 7.41. The summed E-state index contributed by atoms with van der Waals surface area (Å²) < 4.78 is 0.